The van der Waals surface area contributed by atoms with Crippen LogP contribution < -0.4 is 10.6 Å². The standard InChI is InChI=1S/C26H48N4O10Si2/c1-7-33-41(34-8-2,35-9-3)21-13-19-27-25(31)39-29-23-15-17-24(18-16-23)30-40-26(32)28-20-14-22-42(36-10-4,37-11-5)38-12-6/h15-18H,7-14,19-22H2,1-6H3,(H,27,31)(H,28,32). The minimum Gasteiger partial charge on any atom is -0.374 e. The number of hydrogen-bond acceptors (Lipinski definition) is 12. The van der Waals surface area contributed by atoms with E-state index in [0.717, 1.165) is 0 Å². The normalized spacial score (nSPS) is 13.2. The number of hydrogen-bond donors (Lipinski definition) is 2. The van der Waals surface area contributed by atoms with Crippen LogP contribution in [0.1, 0.15) is 54.4 Å². The van der Waals surface area contributed by atoms with Crippen molar-refractivity contribution in [1.82, 2.24) is 10.6 Å². The zero-order valence-corrected chi connectivity index (χ0v) is 27.8. The first-order valence-corrected chi connectivity index (χ1v) is 18.4. The average molecular weight is 633 g/mol. The van der Waals surface area contributed by atoms with E-state index in [4.69, 9.17) is 36.2 Å². The van der Waals surface area contributed by atoms with Crippen molar-refractivity contribution in [2.24, 2.45) is 10.3 Å². The van der Waals surface area contributed by atoms with Crippen LogP contribution in [-0.4, -0.2) is 93.9 Å². The maximum atomic E-state index is 12.0. The number of rotatable bonds is 22. The van der Waals surface area contributed by atoms with Crippen LogP contribution in [-0.2, 0) is 36.2 Å². The Balaban J connectivity index is 2.40. The first-order chi connectivity index (χ1) is 20.3. The lowest BCUT2D eigenvalue weighted by molar-refractivity contribution is 0.0699. The number of allylic oxidation sites excluding steroid dienone is 4. The molecule has 1 aliphatic carbocycles. The number of nitrogens with zero attached hydrogens (tertiary/aromatic N) is 2. The predicted octanol–water partition coefficient (Wildman–Crippen LogP) is 4.15. The van der Waals surface area contributed by atoms with E-state index < -0.39 is 29.8 Å². The van der Waals surface area contributed by atoms with Gasteiger partial charge in [-0.05, 0) is 78.7 Å². The molecule has 0 radical (unpaired) electrons. The average Bonchev–Trinajstić information content (AvgIpc) is 2.97. The highest BCUT2D eigenvalue weighted by Crippen LogP contribution is 2.19. The first kappa shape index (κ1) is 37.6. The number of amides is 2. The third kappa shape index (κ3) is 15.1. The molecule has 16 heteroatoms. The van der Waals surface area contributed by atoms with E-state index in [1.54, 1.807) is 24.3 Å². The molecule has 42 heavy (non-hydrogen) atoms. The van der Waals surface area contributed by atoms with Gasteiger partial charge in [-0.15, -0.1) is 0 Å². The van der Waals surface area contributed by atoms with Crippen molar-refractivity contribution in [1.29, 1.82) is 0 Å². The highest BCUT2D eigenvalue weighted by atomic mass is 28.4. The lowest BCUT2D eigenvalue weighted by atomic mass is 10.1. The minimum absolute atomic E-state index is 0.349. The van der Waals surface area contributed by atoms with Crippen LogP contribution in [0, 0.1) is 0 Å². The Morgan fingerprint density at radius 3 is 1.12 bits per heavy atom. The summed E-state index contributed by atoms with van der Waals surface area (Å²) in [4.78, 5) is 33.8. The first-order valence-electron chi connectivity index (χ1n) is 14.6. The van der Waals surface area contributed by atoms with E-state index in [9.17, 15) is 9.59 Å². The Bertz CT molecular complexity index is 795. The summed E-state index contributed by atoms with van der Waals surface area (Å²) in [5, 5.41) is 12.9. The monoisotopic (exact) mass is 632 g/mol. The SMILES string of the molecule is CCO[Si](CCCNC(=O)ON=C1C=CC(=NOC(=O)NCCC[Si](OCC)(OCC)OCC)C=C1)(OCC)OCC. The van der Waals surface area contributed by atoms with Crippen LogP contribution in [0.5, 0.6) is 0 Å². The molecular formula is C26H48N4O10Si2. The second kappa shape index (κ2) is 22.1. The Kier molecular flexibility index (Phi) is 19.8. The summed E-state index contributed by atoms with van der Waals surface area (Å²) in [5.74, 6) is 0. The summed E-state index contributed by atoms with van der Waals surface area (Å²) in [6, 6.07) is 1.14. The van der Waals surface area contributed by atoms with E-state index in [2.05, 4.69) is 20.9 Å². The topological polar surface area (TPSA) is 157 Å². The molecule has 0 saturated heterocycles. The molecule has 0 fully saturated rings. The highest BCUT2D eigenvalue weighted by molar-refractivity contribution is 6.61. The number of oxime groups is 2. The molecule has 14 nitrogen and oxygen atoms in total. The molecule has 0 saturated carbocycles. The fourth-order valence-corrected chi connectivity index (χ4v) is 9.04. The third-order valence-electron chi connectivity index (χ3n) is 5.36. The van der Waals surface area contributed by atoms with Gasteiger partial charge in [0.2, 0.25) is 0 Å². The summed E-state index contributed by atoms with van der Waals surface area (Å²) < 4.78 is 34.8. The summed E-state index contributed by atoms with van der Waals surface area (Å²) in [6.45, 7) is 15.0. The van der Waals surface area contributed by atoms with Gasteiger partial charge >= 0.3 is 29.8 Å². The van der Waals surface area contributed by atoms with Gasteiger partial charge in [0, 0.05) is 64.8 Å². The number of carbonyl (C=O) groups is 2. The molecule has 0 aromatic carbocycles. The van der Waals surface area contributed by atoms with E-state index in [0.29, 0.717) is 89.1 Å². The maximum Gasteiger partial charge on any atom is 0.500 e. The lowest BCUT2D eigenvalue weighted by Gasteiger charge is -2.28. The van der Waals surface area contributed by atoms with Gasteiger partial charge in [0.1, 0.15) is 11.4 Å². The van der Waals surface area contributed by atoms with Gasteiger partial charge in [-0.3, -0.25) is 9.68 Å². The van der Waals surface area contributed by atoms with Gasteiger partial charge in [0.15, 0.2) is 0 Å². The summed E-state index contributed by atoms with van der Waals surface area (Å²) in [5.41, 5.74) is 0.768. The zero-order chi connectivity index (χ0) is 31.1. The van der Waals surface area contributed by atoms with Crippen LogP contribution in [0.2, 0.25) is 12.1 Å². The molecule has 0 aromatic heterocycles. The summed E-state index contributed by atoms with van der Waals surface area (Å²) >= 11 is 0. The fourth-order valence-electron chi connectivity index (χ4n) is 3.82. The largest absolute Gasteiger partial charge is 0.500 e. The quantitative estimate of drug-likeness (QED) is 0.0584. The van der Waals surface area contributed by atoms with E-state index in [1.165, 1.54) is 0 Å². The lowest BCUT2D eigenvalue weighted by Crippen LogP contribution is -2.46. The highest BCUT2D eigenvalue weighted by Gasteiger charge is 2.40. The third-order valence-corrected chi connectivity index (χ3v) is 11.7. The number of nitrogens with one attached hydrogen (secondary N) is 2. The van der Waals surface area contributed by atoms with Gasteiger partial charge in [0.05, 0.1) is 0 Å². The second-order valence-electron chi connectivity index (χ2n) is 8.48. The van der Waals surface area contributed by atoms with Gasteiger partial charge in [-0.1, -0.05) is 10.3 Å². The molecule has 0 aromatic rings. The molecule has 0 aliphatic heterocycles. The van der Waals surface area contributed by atoms with Gasteiger partial charge in [-0.2, -0.15) is 0 Å². The van der Waals surface area contributed by atoms with Crippen LogP contribution in [0.25, 0.3) is 0 Å². The van der Waals surface area contributed by atoms with Crippen molar-refractivity contribution in [2.45, 2.75) is 66.5 Å². The Morgan fingerprint density at radius 1 is 0.571 bits per heavy atom. The van der Waals surface area contributed by atoms with Crippen molar-refractivity contribution >= 4 is 41.2 Å². The molecule has 2 amide bonds. The van der Waals surface area contributed by atoms with Gasteiger partial charge in [-0.25, -0.2) is 9.59 Å². The predicted molar refractivity (Wildman–Crippen MR) is 162 cm³/mol. The van der Waals surface area contributed by atoms with Crippen molar-refractivity contribution in [2.75, 3.05) is 52.7 Å². The van der Waals surface area contributed by atoms with E-state index >= 15 is 0 Å². The van der Waals surface area contributed by atoms with E-state index in [-0.39, 0.29) is 0 Å². The van der Waals surface area contributed by atoms with Gasteiger partial charge in [0.25, 0.3) is 0 Å². The van der Waals surface area contributed by atoms with Gasteiger partial charge < -0.3 is 37.2 Å². The van der Waals surface area contributed by atoms with Crippen LogP contribution in [0.4, 0.5) is 9.59 Å². The molecular weight excluding hydrogens is 584 g/mol. The zero-order valence-electron chi connectivity index (χ0n) is 25.8. The molecule has 0 unspecified atom stereocenters. The Morgan fingerprint density at radius 2 is 0.857 bits per heavy atom. The van der Waals surface area contributed by atoms with Crippen LogP contribution in [0.3, 0.4) is 0 Å². The fraction of sp³-hybridized carbons (Fsp3) is 0.692. The molecule has 2 N–H and O–H groups in total. The summed E-state index contributed by atoms with van der Waals surface area (Å²) in [6.07, 6.45) is 6.09. The van der Waals surface area contributed by atoms with E-state index in [1.807, 2.05) is 41.5 Å². The molecule has 1 rings (SSSR count). The minimum atomic E-state index is -2.75. The Labute approximate surface area is 251 Å². The van der Waals surface area contributed by atoms with Crippen LogP contribution in [0.15, 0.2) is 34.6 Å². The molecule has 0 heterocycles. The van der Waals surface area contributed by atoms with Crippen molar-refractivity contribution < 1.29 is 45.8 Å². The van der Waals surface area contributed by atoms with Crippen LogP contribution >= 0.6 is 0 Å². The summed E-state index contributed by atoms with van der Waals surface area (Å²) in [7, 11) is -5.51. The smallest absolute Gasteiger partial charge is 0.374 e. The van der Waals surface area contributed by atoms with Crippen molar-refractivity contribution in [3.63, 3.8) is 0 Å². The maximum absolute atomic E-state index is 12.0. The number of carbonyl (C=O) groups excluding carboxylic acids is 2. The second-order valence-corrected chi connectivity index (χ2v) is 13.9. The molecule has 240 valence electrons. The molecule has 0 atom stereocenters. The molecule has 0 spiro atoms. The van der Waals surface area contributed by atoms with Crippen molar-refractivity contribution in [3.8, 4) is 0 Å². The molecule has 1 aliphatic rings. The Hall–Kier alpha value is -2.45. The van der Waals surface area contributed by atoms with Crippen molar-refractivity contribution in [3.05, 3.63) is 24.3 Å². The molecule has 0 bridgehead atoms.